The van der Waals surface area contributed by atoms with Gasteiger partial charge in [0.25, 0.3) is 0 Å². The van der Waals surface area contributed by atoms with E-state index in [0.717, 1.165) is 5.56 Å². The van der Waals surface area contributed by atoms with Crippen molar-refractivity contribution in [3.63, 3.8) is 0 Å². The van der Waals surface area contributed by atoms with E-state index in [9.17, 15) is 5.11 Å². The Morgan fingerprint density at radius 1 is 1.19 bits per heavy atom. The highest BCUT2D eigenvalue weighted by atomic mass is 35.5. The third kappa shape index (κ3) is 4.12. The van der Waals surface area contributed by atoms with Gasteiger partial charge in [0, 0.05) is 16.6 Å². The molecule has 0 aliphatic carbocycles. The molecule has 1 rings (SSSR count). The average Bonchev–Trinajstić information content (AvgIpc) is 2.15. The summed E-state index contributed by atoms with van der Waals surface area (Å²) in [4.78, 5) is 0. The molecule has 0 unspecified atom stereocenters. The fourth-order valence-electron chi connectivity index (χ4n) is 1.71. The van der Waals surface area contributed by atoms with Crippen molar-refractivity contribution in [2.75, 3.05) is 0 Å². The minimum absolute atomic E-state index is 0.00109. The molecule has 1 aromatic carbocycles. The van der Waals surface area contributed by atoms with Gasteiger partial charge in [-0.1, -0.05) is 23.7 Å². The molecule has 0 fully saturated rings. The quantitative estimate of drug-likeness (QED) is 0.852. The third-order valence-corrected chi connectivity index (χ3v) is 2.60. The van der Waals surface area contributed by atoms with E-state index in [0.29, 0.717) is 5.02 Å². The van der Waals surface area contributed by atoms with Gasteiger partial charge in [0.05, 0.1) is 6.10 Å². The molecule has 0 saturated heterocycles. The molecular weight excluding hydrogens is 222 g/mol. The van der Waals surface area contributed by atoms with Gasteiger partial charge in [-0.05, 0) is 45.4 Å². The van der Waals surface area contributed by atoms with Gasteiger partial charge in [-0.15, -0.1) is 0 Å². The first kappa shape index (κ1) is 13.5. The normalized spacial score (nSPS) is 15.9. The minimum Gasteiger partial charge on any atom is -0.387 e. The monoisotopic (exact) mass is 241 g/mol. The fraction of sp³-hybridized carbons (Fsp3) is 0.538. The second kappa shape index (κ2) is 5.17. The predicted octanol–water partition coefficient (Wildman–Crippen LogP) is 3.15. The van der Waals surface area contributed by atoms with Crippen LogP contribution in [0.2, 0.25) is 5.02 Å². The van der Waals surface area contributed by atoms with Crippen LogP contribution in [0.4, 0.5) is 0 Å². The summed E-state index contributed by atoms with van der Waals surface area (Å²) in [6.07, 6.45) is -0.517. The number of rotatable bonds is 3. The molecule has 0 saturated carbocycles. The number of halogens is 1. The summed E-state index contributed by atoms with van der Waals surface area (Å²) in [7, 11) is 0. The topological polar surface area (TPSA) is 32.3 Å². The highest BCUT2D eigenvalue weighted by molar-refractivity contribution is 6.30. The molecule has 0 heterocycles. The molecule has 90 valence electrons. The Labute approximate surface area is 103 Å². The first-order valence-electron chi connectivity index (χ1n) is 5.51. The highest BCUT2D eigenvalue weighted by Crippen LogP contribution is 2.20. The predicted molar refractivity (Wildman–Crippen MR) is 68.8 cm³/mol. The molecule has 0 radical (unpaired) electrons. The van der Waals surface area contributed by atoms with Crippen molar-refractivity contribution in [2.24, 2.45) is 0 Å². The molecule has 2 nitrogen and oxygen atoms in total. The summed E-state index contributed by atoms with van der Waals surface area (Å²) < 4.78 is 0. The number of aliphatic hydroxyl groups is 1. The Bertz CT molecular complexity index is 329. The van der Waals surface area contributed by atoms with Gasteiger partial charge in [0.15, 0.2) is 0 Å². The lowest BCUT2D eigenvalue weighted by Gasteiger charge is -2.29. The Morgan fingerprint density at radius 2 is 1.69 bits per heavy atom. The molecular formula is C13H20ClNO. The van der Waals surface area contributed by atoms with Crippen LogP contribution in [-0.2, 0) is 0 Å². The smallest absolute Gasteiger partial charge is 0.0940 e. The number of hydrogen-bond donors (Lipinski definition) is 2. The fourth-order valence-corrected chi connectivity index (χ4v) is 1.84. The number of hydrogen-bond acceptors (Lipinski definition) is 2. The van der Waals surface area contributed by atoms with E-state index in [1.165, 1.54) is 0 Å². The number of aliphatic hydroxyl groups excluding tert-OH is 1. The van der Waals surface area contributed by atoms with Gasteiger partial charge in [-0.3, -0.25) is 0 Å². The SMILES string of the molecule is C[C@@H](NC(C)(C)C)[C@@H](O)c1ccc(Cl)cc1. The van der Waals surface area contributed by atoms with Crippen LogP contribution in [0.25, 0.3) is 0 Å². The second-order valence-corrected chi connectivity index (χ2v) is 5.62. The highest BCUT2D eigenvalue weighted by Gasteiger charge is 2.21. The van der Waals surface area contributed by atoms with Crippen LogP contribution >= 0.6 is 11.6 Å². The largest absolute Gasteiger partial charge is 0.387 e. The third-order valence-electron chi connectivity index (χ3n) is 2.35. The summed E-state index contributed by atoms with van der Waals surface area (Å²) in [6, 6.07) is 7.30. The lowest BCUT2D eigenvalue weighted by molar-refractivity contribution is 0.121. The summed E-state index contributed by atoms with van der Waals surface area (Å²) in [5.74, 6) is 0. The second-order valence-electron chi connectivity index (χ2n) is 5.18. The summed E-state index contributed by atoms with van der Waals surface area (Å²) in [6.45, 7) is 8.22. The van der Waals surface area contributed by atoms with Gasteiger partial charge in [0.2, 0.25) is 0 Å². The molecule has 0 amide bonds. The maximum atomic E-state index is 10.1. The maximum Gasteiger partial charge on any atom is 0.0940 e. The Balaban J connectivity index is 2.70. The molecule has 0 aliphatic heterocycles. The van der Waals surface area contributed by atoms with Crippen LogP contribution < -0.4 is 5.32 Å². The molecule has 0 bridgehead atoms. The molecule has 0 aromatic heterocycles. The average molecular weight is 242 g/mol. The van der Waals surface area contributed by atoms with E-state index in [-0.39, 0.29) is 11.6 Å². The van der Waals surface area contributed by atoms with Crippen LogP contribution in [0.3, 0.4) is 0 Å². The molecule has 16 heavy (non-hydrogen) atoms. The van der Waals surface area contributed by atoms with Crippen molar-refractivity contribution in [1.29, 1.82) is 0 Å². The van der Waals surface area contributed by atoms with Crippen molar-refractivity contribution < 1.29 is 5.11 Å². The van der Waals surface area contributed by atoms with Crippen LogP contribution in [0.15, 0.2) is 24.3 Å². The zero-order chi connectivity index (χ0) is 12.3. The zero-order valence-corrected chi connectivity index (χ0v) is 11.0. The Kier molecular flexibility index (Phi) is 4.36. The van der Waals surface area contributed by atoms with E-state index >= 15 is 0 Å². The number of nitrogens with one attached hydrogen (secondary N) is 1. The lowest BCUT2D eigenvalue weighted by atomic mass is 10.00. The van der Waals surface area contributed by atoms with E-state index in [1.807, 2.05) is 19.1 Å². The zero-order valence-electron chi connectivity index (χ0n) is 10.3. The van der Waals surface area contributed by atoms with Gasteiger partial charge in [0.1, 0.15) is 0 Å². The van der Waals surface area contributed by atoms with E-state index < -0.39 is 6.10 Å². The van der Waals surface area contributed by atoms with Crippen molar-refractivity contribution in [3.8, 4) is 0 Å². The molecule has 2 N–H and O–H groups in total. The number of benzene rings is 1. The van der Waals surface area contributed by atoms with E-state index in [4.69, 9.17) is 11.6 Å². The van der Waals surface area contributed by atoms with Crippen LogP contribution in [0.1, 0.15) is 39.4 Å². The molecule has 0 spiro atoms. The van der Waals surface area contributed by atoms with E-state index in [2.05, 4.69) is 26.1 Å². The van der Waals surface area contributed by atoms with Crippen molar-refractivity contribution in [1.82, 2.24) is 5.32 Å². The summed E-state index contributed by atoms with van der Waals surface area (Å²) in [5, 5.41) is 14.2. The van der Waals surface area contributed by atoms with Crippen molar-refractivity contribution in [3.05, 3.63) is 34.9 Å². The minimum atomic E-state index is -0.517. The maximum absolute atomic E-state index is 10.1. The van der Waals surface area contributed by atoms with E-state index in [1.54, 1.807) is 12.1 Å². The lowest BCUT2D eigenvalue weighted by Crippen LogP contribution is -2.44. The molecule has 1 aromatic rings. The molecule has 0 aliphatic rings. The first-order chi connectivity index (χ1) is 7.29. The summed E-state index contributed by atoms with van der Waals surface area (Å²) in [5.41, 5.74) is 0.876. The van der Waals surface area contributed by atoms with Crippen LogP contribution in [0.5, 0.6) is 0 Å². The van der Waals surface area contributed by atoms with Crippen LogP contribution in [-0.4, -0.2) is 16.7 Å². The molecule has 3 heteroatoms. The Morgan fingerprint density at radius 3 is 2.12 bits per heavy atom. The Hall–Kier alpha value is -0.570. The first-order valence-corrected chi connectivity index (χ1v) is 5.88. The standard InChI is InChI=1S/C13H20ClNO/c1-9(15-13(2,3)4)12(16)10-5-7-11(14)8-6-10/h5-9,12,15-16H,1-4H3/t9-,12-/m1/s1. The van der Waals surface area contributed by atoms with Gasteiger partial charge in [-0.2, -0.15) is 0 Å². The van der Waals surface area contributed by atoms with Crippen molar-refractivity contribution >= 4 is 11.6 Å². The van der Waals surface area contributed by atoms with Gasteiger partial charge in [-0.25, -0.2) is 0 Å². The summed E-state index contributed by atoms with van der Waals surface area (Å²) >= 11 is 5.81. The van der Waals surface area contributed by atoms with Crippen molar-refractivity contribution in [2.45, 2.75) is 45.4 Å². The van der Waals surface area contributed by atoms with Crippen LogP contribution in [0, 0.1) is 0 Å². The van der Waals surface area contributed by atoms with Gasteiger partial charge < -0.3 is 10.4 Å². The van der Waals surface area contributed by atoms with Gasteiger partial charge >= 0.3 is 0 Å². The molecule has 2 atom stereocenters.